The third kappa shape index (κ3) is 5.05. The Morgan fingerprint density at radius 2 is 2.11 bits per heavy atom. The fraction of sp³-hybridized carbons (Fsp3) is 0.857. The molecular weight excluding hydrogens is 226 g/mol. The van der Waals surface area contributed by atoms with Crippen LogP contribution in [0.15, 0.2) is 0 Å². The number of nitriles is 1. The van der Waals surface area contributed by atoms with Crippen molar-refractivity contribution in [1.82, 2.24) is 10.6 Å². The first-order valence-corrected chi connectivity index (χ1v) is 7.02. The van der Waals surface area contributed by atoms with Gasteiger partial charge in [0.2, 0.25) is 5.91 Å². The first kappa shape index (κ1) is 15.0. The van der Waals surface area contributed by atoms with Crippen LogP contribution in [0.25, 0.3) is 0 Å². The Bertz CT molecular complexity index is 296. The van der Waals surface area contributed by atoms with E-state index in [0.717, 1.165) is 0 Å². The molecule has 0 aromatic carbocycles. The highest BCUT2D eigenvalue weighted by Gasteiger charge is 2.27. The van der Waals surface area contributed by atoms with Gasteiger partial charge in [0.1, 0.15) is 0 Å². The Labute approximate surface area is 110 Å². The molecule has 0 bridgehead atoms. The highest BCUT2D eigenvalue weighted by Crippen LogP contribution is 2.29. The van der Waals surface area contributed by atoms with Crippen LogP contribution >= 0.6 is 0 Å². The molecule has 2 atom stereocenters. The van der Waals surface area contributed by atoms with Gasteiger partial charge in [0.15, 0.2) is 0 Å². The van der Waals surface area contributed by atoms with Crippen LogP contribution in [0.3, 0.4) is 0 Å². The van der Waals surface area contributed by atoms with E-state index in [0.29, 0.717) is 37.4 Å². The van der Waals surface area contributed by atoms with E-state index in [1.807, 2.05) is 6.07 Å². The molecule has 0 heterocycles. The lowest BCUT2D eigenvalue weighted by Gasteiger charge is -2.34. The summed E-state index contributed by atoms with van der Waals surface area (Å²) in [5.74, 6) is 1.36. The summed E-state index contributed by atoms with van der Waals surface area (Å²) >= 11 is 0. The molecule has 0 radical (unpaired) electrons. The van der Waals surface area contributed by atoms with Crippen molar-refractivity contribution in [2.45, 2.75) is 52.0 Å². The van der Waals surface area contributed by atoms with E-state index >= 15 is 0 Å². The van der Waals surface area contributed by atoms with Crippen molar-refractivity contribution in [3.05, 3.63) is 0 Å². The third-order valence-electron chi connectivity index (χ3n) is 3.76. The number of rotatable bonds is 6. The van der Waals surface area contributed by atoms with Crippen molar-refractivity contribution in [2.24, 2.45) is 11.8 Å². The number of nitrogens with zero attached hydrogens (tertiary/aromatic N) is 1. The number of hydrogen-bond acceptors (Lipinski definition) is 3. The monoisotopic (exact) mass is 251 g/mol. The highest BCUT2D eigenvalue weighted by atomic mass is 16.1. The van der Waals surface area contributed by atoms with Crippen molar-refractivity contribution >= 4 is 5.91 Å². The Hall–Kier alpha value is -1.08. The maximum Gasteiger partial charge on any atom is 0.233 e. The standard InChI is InChI=1S/C14H25N3O/c1-11(2)12-6-3-4-7-13(12)17-10-14(18)16-9-5-8-15/h11-13,17H,3-7,9-10H2,1-2H3,(H,16,18). The van der Waals surface area contributed by atoms with Crippen LogP contribution in [0, 0.1) is 23.2 Å². The Morgan fingerprint density at radius 3 is 2.78 bits per heavy atom. The van der Waals surface area contributed by atoms with Crippen LogP contribution in [-0.4, -0.2) is 25.0 Å². The van der Waals surface area contributed by atoms with Crippen LogP contribution in [0.4, 0.5) is 0 Å². The van der Waals surface area contributed by atoms with Gasteiger partial charge in [-0.2, -0.15) is 5.26 Å². The van der Waals surface area contributed by atoms with Crippen LogP contribution in [0.2, 0.25) is 0 Å². The van der Waals surface area contributed by atoms with Gasteiger partial charge < -0.3 is 10.6 Å². The Kier molecular flexibility index (Phi) is 6.74. The van der Waals surface area contributed by atoms with Crippen molar-refractivity contribution < 1.29 is 4.79 Å². The van der Waals surface area contributed by atoms with Gasteiger partial charge in [0.05, 0.1) is 19.0 Å². The van der Waals surface area contributed by atoms with Crippen molar-refractivity contribution in [1.29, 1.82) is 5.26 Å². The van der Waals surface area contributed by atoms with Crippen molar-refractivity contribution in [3.8, 4) is 6.07 Å². The zero-order chi connectivity index (χ0) is 13.4. The van der Waals surface area contributed by atoms with Crippen LogP contribution in [-0.2, 0) is 4.79 Å². The SMILES string of the molecule is CC(C)C1CCCCC1NCC(=O)NCCC#N. The molecule has 1 aliphatic carbocycles. The smallest absolute Gasteiger partial charge is 0.233 e. The lowest BCUT2D eigenvalue weighted by atomic mass is 9.78. The summed E-state index contributed by atoms with van der Waals surface area (Å²) in [6, 6.07) is 2.49. The van der Waals surface area contributed by atoms with Crippen LogP contribution in [0.5, 0.6) is 0 Å². The first-order valence-electron chi connectivity index (χ1n) is 7.02. The highest BCUT2D eigenvalue weighted by molar-refractivity contribution is 5.78. The molecule has 1 saturated carbocycles. The van der Waals surface area contributed by atoms with Crippen molar-refractivity contribution in [3.63, 3.8) is 0 Å². The number of carbonyl (C=O) groups is 1. The molecule has 4 nitrogen and oxygen atoms in total. The molecular formula is C14H25N3O. The first-order chi connectivity index (χ1) is 8.65. The van der Waals surface area contributed by atoms with E-state index in [4.69, 9.17) is 5.26 Å². The minimum absolute atomic E-state index is 0.00155. The molecule has 0 aromatic rings. The van der Waals surface area contributed by atoms with E-state index in [2.05, 4.69) is 24.5 Å². The van der Waals surface area contributed by atoms with Gasteiger partial charge in [-0.3, -0.25) is 4.79 Å². The summed E-state index contributed by atoms with van der Waals surface area (Å²) in [6.45, 7) is 5.35. The maximum absolute atomic E-state index is 11.6. The molecule has 0 aromatic heterocycles. The zero-order valence-corrected chi connectivity index (χ0v) is 11.5. The Morgan fingerprint density at radius 1 is 1.39 bits per heavy atom. The fourth-order valence-corrected chi connectivity index (χ4v) is 2.76. The predicted molar refractivity (Wildman–Crippen MR) is 71.8 cm³/mol. The van der Waals surface area contributed by atoms with E-state index in [9.17, 15) is 4.79 Å². The summed E-state index contributed by atoms with van der Waals surface area (Å²) in [4.78, 5) is 11.6. The average Bonchev–Trinajstić information content (AvgIpc) is 2.37. The zero-order valence-electron chi connectivity index (χ0n) is 11.5. The minimum Gasteiger partial charge on any atom is -0.354 e. The van der Waals surface area contributed by atoms with Gasteiger partial charge >= 0.3 is 0 Å². The molecule has 0 aliphatic heterocycles. The van der Waals surface area contributed by atoms with Gasteiger partial charge in [-0.25, -0.2) is 0 Å². The number of carbonyl (C=O) groups excluding carboxylic acids is 1. The molecule has 18 heavy (non-hydrogen) atoms. The number of amides is 1. The fourth-order valence-electron chi connectivity index (χ4n) is 2.76. The molecule has 2 unspecified atom stereocenters. The Balaban J connectivity index is 2.27. The summed E-state index contributed by atoms with van der Waals surface area (Å²) in [6.07, 6.45) is 5.40. The lowest BCUT2D eigenvalue weighted by Crippen LogP contribution is -2.45. The van der Waals surface area contributed by atoms with E-state index in [-0.39, 0.29) is 5.91 Å². The lowest BCUT2D eigenvalue weighted by molar-refractivity contribution is -0.120. The molecule has 1 amide bonds. The molecule has 4 heteroatoms. The third-order valence-corrected chi connectivity index (χ3v) is 3.76. The van der Waals surface area contributed by atoms with E-state index < -0.39 is 0 Å². The van der Waals surface area contributed by atoms with E-state index in [1.165, 1.54) is 25.7 Å². The normalized spacial score (nSPS) is 23.7. The van der Waals surface area contributed by atoms with Crippen LogP contribution < -0.4 is 10.6 Å². The molecule has 2 N–H and O–H groups in total. The van der Waals surface area contributed by atoms with Gasteiger partial charge in [-0.05, 0) is 24.7 Å². The summed E-state index contributed by atoms with van der Waals surface area (Å²) in [5, 5.41) is 14.5. The summed E-state index contributed by atoms with van der Waals surface area (Å²) in [5.41, 5.74) is 0. The topological polar surface area (TPSA) is 64.9 Å². The molecule has 102 valence electrons. The van der Waals surface area contributed by atoms with Gasteiger partial charge in [-0.15, -0.1) is 0 Å². The molecule has 1 fully saturated rings. The second-order valence-electron chi connectivity index (χ2n) is 5.44. The summed E-state index contributed by atoms with van der Waals surface area (Å²) in [7, 11) is 0. The van der Waals surface area contributed by atoms with Crippen molar-refractivity contribution in [2.75, 3.05) is 13.1 Å². The second kappa shape index (κ2) is 8.10. The molecule has 1 rings (SSSR count). The van der Waals surface area contributed by atoms with Gasteiger partial charge in [-0.1, -0.05) is 26.7 Å². The van der Waals surface area contributed by atoms with Gasteiger partial charge in [0, 0.05) is 12.6 Å². The molecule has 0 spiro atoms. The minimum atomic E-state index is -0.00155. The average molecular weight is 251 g/mol. The largest absolute Gasteiger partial charge is 0.354 e. The predicted octanol–water partition coefficient (Wildman–Crippen LogP) is 1.82. The van der Waals surface area contributed by atoms with Crippen LogP contribution in [0.1, 0.15) is 46.0 Å². The summed E-state index contributed by atoms with van der Waals surface area (Å²) < 4.78 is 0. The second-order valence-corrected chi connectivity index (χ2v) is 5.44. The molecule has 0 saturated heterocycles. The quantitative estimate of drug-likeness (QED) is 0.708. The van der Waals surface area contributed by atoms with E-state index in [1.54, 1.807) is 0 Å². The number of hydrogen-bond donors (Lipinski definition) is 2. The maximum atomic E-state index is 11.6. The number of nitrogens with one attached hydrogen (secondary N) is 2. The van der Waals surface area contributed by atoms with Gasteiger partial charge in [0.25, 0.3) is 0 Å². The molecule has 1 aliphatic rings.